The Morgan fingerprint density at radius 2 is 2.00 bits per heavy atom. The monoisotopic (exact) mass is 228 g/mol. The molecule has 1 aliphatic rings. The van der Waals surface area contributed by atoms with Crippen LogP contribution >= 0.6 is 0 Å². The number of nitrogens with one attached hydrogen (secondary N) is 2. The summed E-state index contributed by atoms with van der Waals surface area (Å²) in [4.78, 5) is 22.4. The second kappa shape index (κ2) is 4.82. The molecule has 1 amide bonds. The topological polar surface area (TPSA) is 78.4 Å². The highest BCUT2D eigenvalue weighted by atomic mass is 16.4. The quantitative estimate of drug-likeness (QED) is 0.643. The minimum atomic E-state index is -0.882. The first-order chi connectivity index (χ1) is 7.30. The molecule has 1 saturated heterocycles. The average Bonchev–Trinajstić information content (AvgIpc) is 1.96. The number of rotatable bonds is 4. The fourth-order valence-electron chi connectivity index (χ4n) is 1.51. The molecule has 92 valence electrons. The second-order valence-electron chi connectivity index (χ2n) is 5.38. The van der Waals surface area contributed by atoms with E-state index in [-0.39, 0.29) is 29.7 Å². The highest BCUT2D eigenvalue weighted by Gasteiger charge is 2.32. The summed E-state index contributed by atoms with van der Waals surface area (Å²) in [5, 5.41) is 14.7. The van der Waals surface area contributed by atoms with Crippen LogP contribution in [0.4, 0.5) is 0 Å². The van der Waals surface area contributed by atoms with Crippen molar-refractivity contribution in [2.24, 2.45) is 11.3 Å². The fraction of sp³-hybridized carbons (Fsp3) is 0.818. The molecular weight excluding hydrogens is 208 g/mol. The molecule has 1 rings (SSSR count). The zero-order chi connectivity index (χ0) is 12.3. The summed E-state index contributed by atoms with van der Waals surface area (Å²) in [6, 6.07) is -0.321. The van der Waals surface area contributed by atoms with Gasteiger partial charge in [-0.2, -0.15) is 0 Å². The lowest BCUT2D eigenvalue weighted by atomic mass is 9.84. The first kappa shape index (κ1) is 13.0. The molecule has 5 heteroatoms. The number of carbonyl (C=O) groups excluding carboxylic acids is 1. The number of amides is 1. The number of carboxylic acids is 1. The van der Waals surface area contributed by atoms with Crippen molar-refractivity contribution in [3.63, 3.8) is 0 Å². The van der Waals surface area contributed by atoms with Crippen LogP contribution < -0.4 is 10.6 Å². The van der Waals surface area contributed by atoms with Crippen molar-refractivity contribution in [3.8, 4) is 0 Å². The second-order valence-corrected chi connectivity index (χ2v) is 5.38. The molecule has 3 N–H and O–H groups in total. The lowest BCUT2D eigenvalue weighted by Gasteiger charge is -2.34. The molecule has 1 heterocycles. The number of carbonyl (C=O) groups is 2. The minimum Gasteiger partial charge on any atom is -0.481 e. The number of carboxylic acid groups (broad SMARTS) is 1. The van der Waals surface area contributed by atoms with Gasteiger partial charge in [0.2, 0.25) is 5.91 Å². The van der Waals surface area contributed by atoms with Crippen LogP contribution in [0, 0.1) is 11.3 Å². The van der Waals surface area contributed by atoms with Crippen molar-refractivity contribution in [2.75, 3.05) is 13.1 Å². The first-order valence-corrected chi connectivity index (χ1v) is 5.53. The Kier molecular flexibility index (Phi) is 3.91. The van der Waals surface area contributed by atoms with Crippen LogP contribution in [0.1, 0.15) is 27.2 Å². The summed E-state index contributed by atoms with van der Waals surface area (Å²) in [5.41, 5.74) is -0.245. The third kappa shape index (κ3) is 3.48. The molecule has 0 aromatic carbocycles. The molecule has 0 aromatic rings. The number of hydrogen-bond donors (Lipinski definition) is 3. The van der Waals surface area contributed by atoms with Crippen LogP contribution in [-0.2, 0) is 9.59 Å². The van der Waals surface area contributed by atoms with Gasteiger partial charge in [-0.05, 0) is 5.41 Å². The maximum atomic E-state index is 11.7. The average molecular weight is 228 g/mol. The molecule has 5 nitrogen and oxygen atoms in total. The van der Waals surface area contributed by atoms with Crippen LogP contribution in [0.5, 0.6) is 0 Å². The fourth-order valence-corrected chi connectivity index (χ4v) is 1.51. The zero-order valence-corrected chi connectivity index (χ0v) is 10.0. The van der Waals surface area contributed by atoms with Crippen LogP contribution in [0.25, 0.3) is 0 Å². The van der Waals surface area contributed by atoms with Gasteiger partial charge < -0.3 is 15.7 Å². The molecule has 0 aromatic heterocycles. The van der Waals surface area contributed by atoms with Crippen molar-refractivity contribution in [1.29, 1.82) is 0 Å². The Hall–Kier alpha value is -1.10. The van der Waals surface area contributed by atoms with E-state index in [0.29, 0.717) is 13.1 Å². The Labute approximate surface area is 95.6 Å². The van der Waals surface area contributed by atoms with Crippen molar-refractivity contribution < 1.29 is 14.7 Å². The van der Waals surface area contributed by atoms with E-state index >= 15 is 0 Å². The predicted octanol–water partition coefficient (Wildman–Crippen LogP) is 0.211. The SMILES string of the molecule is CC(C)(C)C(CC(=O)O)NC(=O)C1CNC1. The molecule has 1 unspecified atom stereocenters. The van der Waals surface area contributed by atoms with Gasteiger partial charge in [-0.3, -0.25) is 9.59 Å². The summed E-state index contributed by atoms with van der Waals surface area (Å²) in [7, 11) is 0. The van der Waals surface area contributed by atoms with E-state index in [9.17, 15) is 9.59 Å². The predicted molar refractivity (Wildman–Crippen MR) is 60.0 cm³/mol. The molecule has 0 bridgehead atoms. The number of hydrogen-bond acceptors (Lipinski definition) is 3. The third-order valence-electron chi connectivity index (χ3n) is 2.89. The third-order valence-corrected chi connectivity index (χ3v) is 2.89. The molecule has 1 fully saturated rings. The largest absolute Gasteiger partial charge is 0.481 e. The molecule has 0 saturated carbocycles. The number of aliphatic carboxylic acids is 1. The highest BCUT2D eigenvalue weighted by molar-refractivity contribution is 5.81. The Morgan fingerprint density at radius 3 is 2.31 bits per heavy atom. The molecule has 0 aliphatic carbocycles. The summed E-state index contributed by atoms with van der Waals surface area (Å²) >= 11 is 0. The van der Waals surface area contributed by atoms with Crippen LogP contribution in [-0.4, -0.2) is 36.1 Å². The maximum absolute atomic E-state index is 11.7. The Bertz CT molecular complexity index is 279. The highest BCUT2D eigenvalue weighted by Crippen LogP contribution is 2.22. The lowest BCUT2D eigenvalue weighted by molar-refractivity contribution is -0.138. The Morgan fingerprint density at radius 1 is 1.44 bits per heavy atom. The molecule has 1 atom stereocenters. The summed E-state index contributed by atoms with van der Waals surface area (Å²) in [5.74, 6) is -0.925. The molecule has 0 radical (unpaired) electrons. The van der Waals surface area contributed by atoms with E-state index in [1.165, 1.54) is 0 Å². The van der Waals surface area contributed by atoms with E-state index in [1.54, 1.807) is 0 Å². The van der Waals surface area contributed by atoms with Crippen LogP contribution in [0.2, 0.25) is 0 Å². The van der Waals surface area contributed by atoms with E-state index in [4.69, 9.17) is 5.11 Å². The minimum absolute atomic E-state index is 0.00125. The van der Waals surface area contributed by atoms with Crippen LogP contribution in [0.3, 0.4) is 0 Å². The van der Waals surface area contributed by atoms with Crippen molar-refractivity contribution in [1.82, 2.24) is 10.6 Å². The van der Waals surface area contributed by atoms with E-state index in [2.05, 4.69) is 10.6 Å². The summed E-state index contributed by atoms with van der Waals surface area (Å²) < 4.78 is 0. The lowest BCUT2D eigenvalue weighted by Crippen LogP contribution is -2.55. The van der Waals surface area contributed by atoms with Crippen LogP contribution in [0.15, 0.2) is 0 Å². The van der Waals surface area contributed by atoms with E-state index in [1.807, 2.05) is 20.8 Å². The van der Waals surface area contributed by atoms with Gasteiger partial charge in [0.1, 0.15) is 0 Å². The van der Waals surface area contributed by atoms with Gasteiger partial charge in [-0.1, -0.05) is 20.8 Å². The van der Waals surface area contributed by atoms with Gasteiger partial charge >= 0.3 is 5.97 Å². The van der Waals surface area contributed by atoms with Gasteiger partial charge in [0.05, 0.1) is 12.3 Å². The summed E-state index contributed by atoms with van der Waals surface area (Å²) in [6.07, 6.45) is -0.0324. The van der Waals surface area contributed by atoms with E-state index < -0.39 is 5.97 Å². The van der Waals surface area contributed by atoms with Gasteiger partial charge in [-0.25, -0.2) is 0 Å². The first-order valence-electron chi connectivity index (χ1n) is 5.53. The van der Waals surface area contributed by atoms with Crippen molar-refractivity contribution >= 4 is 11.9 Å². The molecule has 0 spiro atoms. The smallest absolute Gasteiger partial charge is 0.305 e. The van der Waals surface area contributed by atoms with Gasteiger partial charge in [0.15, 0.2) is 0 Å². The standard InChI is InChI=1S/C11H20N2O3/c1-11(2,3)8(4-9(14)15)13-10(16)7-5-12-6-7/h7-8,12H,4-6H2,1-3H3,(H,13,16)(H,14,15). The van der Waals surface area contributed by atoms with Gasteiger partial charge in [0, 0.05) is 19.1 Å². The maximum Gasteiger partial charge on any atom is 0.305 e. The van der Waals surface area contributed by atoms with E-state index in [0.717, 1.165) is 0 Å². The van der Waals surface area contributed by atoms with Crippen molar-refractivity contribution in [2.45, 2.75) is 33.2 Å². The van der Waals surface area contributed by atoms with Gasteiger partial charge in [-0.15, -0.1) is 0 Å². The summed E-state index contributed by atoms with van der Waals surface area (Å²) in [6.45, 7) is 7.17. The van der Waals surface area contributed by atoms with Gasteiger partial charge in [0.25, 0.3) is 0 Å². The molecule has 16 heavy (non-hydrogen) atoms. The van der Waals surface area contributed by atoms with Crippen molar-refractivity contribution in [3.05, 3.63) is 0 Å². The zero-order valence-electron chi connectivity index (χ0n) is 10.0. The Balaban J connectivity index is 2.55. The molecular formula is C11H20N2O3. The normalized spacial score (nSPS) is 18.7. The molecule has 1 aliphatic heterocycles.